The molecule has 7 N–H and O–H groups in total. The van der Waals surface area contributed by atoms with Gasteiger partial charge in [0, 0.05) is 60.1 Å². The Bertz CT molecular complexity index is 2600. The maximum atomic E-state index is 15.0. The number of carbonyl (C=O) groups is 9. The highest BCUT2D eigenvalue weighted by Crippen LogP contribution is 2.30. The first-order valence-corrected chi connectivity index (χ1v) is 31.5. The van der Waals surface area contributed by atoms with Gasteiger partial charge in [-0.05, 0) is 113 Å². The van der Waals surface area contributed by atoms with Crippen molar-refractivity contribution in [3.63, 3.8) is 0 Å². The minimum atomic E-state index is -1.03. The number of amides is 9. The number of alkyl carbamates (subject to hydrolysis) is 1. The maximum Gasteiger partial charge on any atom is 0.408 e. The average molecular weight is 1250 g/mol. The zero-order valence-corrected chi connectivity index (χ0v) is 56.4. The molecule has 0 saturated carbocycles. The van der Waals surface area contributed by atoms with Crippen molar-refractivity contribution in [3.8, 4) is 0 Å². The molecule has 2 aromatic carbocycles. The van der Waals surface area contributed by atoms with E-state index in [1.54, 1.807) is 77.6 Å². The summed E-state index contributed by atoms with van der Waals surface area (Å²) in [7, 11) is 9.50. The molecule has 3 rings (SSSR count). The Labute approximate surface area is 529 Å². The van der Waals surface area contributed by atoms with E-state index in [0.717, 1.165) is 11.1 Å². The smallest absolute Gasteiger partial charge is 0.408 e. The Kier molecular flexibility index (Phi) is 31.5. The lowest BCUT2D eigenvalue weighted by Crippen LogP contribution is -2.59. The van der Waals surface area contributed by atoms with Gasteiger partial charge in [0.1, 0.15) is 29.8 Å². The normalized spacial score (nSPS) is 16.8. The number of hydrogen-bond donors (Lipinski definition) is 6. The van der Waals surface area contributed by atoms with Crippen molar-refractivity contribution in [3.05, 3.63) is 65.7 Å². The van der Waals surface area contributed by atoms with Crippen molar-refractivity contribution < 1.29 is 62.1 Å². The van der Waals surface area contributed by atoms with Crippen LogP contribution in [0.3, 0.4) is 0 Å². The number of methoxy groups -OCH3 is 3. The molecular formula is C66H108N10O13. The first-order chi connectivity index (χ1) is 41.8. The number of likely N-dealkylation sites (N-methyl/N-ethyl adjacent to an activating group) is 3. The van der Waals surface area contributed by atoms with Gasteiger partial charge in [-0.15, -0.1) is 0 Å². The molecular weight excluding hydrogens is 1140 g/mol. The van der Waals surface area contributed by atoms with Gasteiger partial charge < -0.3 is 66.0 Å². The van der Waals surface area contributed by atoms with Gasteiger partial charge in [0.15, 0.2) is 0 Å². The fourth-order valence-corrected chi connectivity index (χ4v) is 11.7. The highest BCUT2D eigenvalue weighted by molar-refractivity contribution is 6.00. The third-order valence-electron chi connectivity index (χ3n) is 16.7. The fourth-order valence-electron chi connectivity index (χ4n) is 11.7. The summed E-state index contributed by atoms with van der Waals surface area (Å²) in [6.45, 7) is 23.4. The summed E-state index contributed by atoms with van der Waals surface area (Å²) >= 11 is 0. The monoisotopic (exact) mass is 1250 g/mol. The zero-order chi connectivity index (χ0) is 67.0. The van der Waals surface area contributed by atoms with Gasteiger partial charge in [-0.25, -0.2) is 14.4 Å². The largest absolute Gasteiger partial charge is 0.467 e. The van der Waals surface area contributed by atoms with Crippen LogP contribution in [0, 0.1) is 29.6 Å². The number of nitrogens with two attached hydrogens (primary N) is 1. The standard InChI is InChI=1S/C66H108N10O13/c1-19-43(8)56(52(86-16)39-53(77)76-35-24-28-51(76)57(87-17)44(9)58(78)71-50(63(83)88-18)38-46-25-21-20-22-26-46)75(15)62(82)49(37-40(2)3)70-60(80)55(42(6)7)73(13)36-33-45-29-31-47(32-30-45)74(14)61(81)48(27-23-34-68-64(67)84)69-59(79)54(41(4)5)72-65(85)89-66(10,11)12/h20-22,25-26,29-32,40-44,48-52,54-57H,19,23-24,27-28,33-39H2,1-18H3,(H,69,79)(H,70,80)(H,71,78)(H,72,85)(H3,67,68,84)/t43-,44+,48-,49-,50-,51-,52+,54-,55-,56-,57+/m0/s1. The molecule has 1 fully saturated rings. The summed E-state index contributed by atoms with van der Waals surface area (Å²) in [5, 5.41) is 14.0. The number of benzene rings is 2. The lowest BCUT2D eigenvalue weighted by Gasteiger charge is -2.41. The molecule has 89 heavy (non-hydrogen) atoms. The number of nitrogens with zero attached hydrogens (tertiary/aromatic N) is 4. The summed E-state index contributed by atoms with van der Waals surface area (Å²) in [6, 6.07) is 10.5. The number of hydrogen-bond acceptors (Lipinski definition) is 14. The SMILES string of the molecule is CC[C@H](C)[C@@H]([C@@H](CC(=O)N1CCC[C@H]1[C@H](OC)[C@@H](C)C(=O)N[C@@H](Cc1ccccc1)C(=O)OC)OC)N(C)C(=O)[C@H](CC(C)C)NC(=O)[C@H](C(C)C)N(C)CCc1ccc(N(C)C(=O)[C@H](CCCNC(N)=O)NC(=O)[C@@H](NC(=O)OC(C)(C)C)C(C)C)cc1. The van der Waals surface area contributed by atoms with Gasteiger partial charge in [-0.2, -0.15) is 0 Å². The van der Waals surface area contributed by atoms with Gasteiger partial charge >= 0.3 is 18.1 Å². The van der Waals surface area contributed by atoms with Crippen LogP contribution in [0.25, 0.3) is 0 Å². The summed E-state index contributed by atoms with van der Waals surface area (Å²) in [5.74, 6) is -4.18. The van der Waals surface area contributed by atoms with Gasteiger partial charge in [-0.3, -0.25) is 33.7 Å². The third-order valence-corrected chi connectivity index (χ3v) is 16.7. The van der Waals surface area contributed by atoms with Crippen LogP contribution in [0.2, 0.25) is 0 Å². The van der Waals surface area contributed by atoms with Crippen molar-refractivity contribution in [1.82, 2.24) is 41.3 Å². The molecule has 23 heteroatoms. The molecule has 0 aliphatic carbocycles. The molecule has 1 saturated heterocycles. The molecule has 0 unspecified atom stereocenters. The first-order valence-electron chi connectivity index (χ1n) is 31.5. The molecule has 0 bridgehead atoms. The predicted molar refractivity (Wildman–Crippen MR) is 343 cm³/mol. The number of rotatable bonds is 35. The van der Waals surface area contributed by atoms with Crippen molar-refractivity contribution >= 4 is 59.2 Å². The number of primary amides is 1. The number of urea groups is 1. The second-order valence-electron chi connectivity index (χ2n) is 25.9. The molecule has 1 heterocycles. The molecule has 1 aliphatic heterocycles. The number of likely N-dealkylation sites (tertiary alicyclic amines) is 1. The number of esters is 1. The summed E-state index contributed by atoms with van der Waals surface area (Å²) in [4.78, 5) is 130. The summed E-state index contributed by atoms with van der Waals surface area (Å²) < 4.78 is 22.6. The van der Waals surface area contributed by atoms with E-state index in [1.807, 2.05) is 96.0 Å². The van der Waals surface area contributed by atoms with E-state index >= 15 is 0 Å². The van der Waals surface area contributed by atoms with E-state index < -0.39 is 102 Å². The Balaban J connectivity index is 1.77. The Morgan fingerprint density at radius 3 is 1.89 bits per heavy atom. The lowest BCUT2D eigenvalue weighted by molar-refractivity contribution is -0.148. The van der Waals surface area contributed by atoms with Crippen LogP contribution in [0.4, 0.5) is 15.3 Å². The molecule has 0 spiro atoms. The molecule has 2 aromatic rings. The van der Waals surface area contributed by atoms with Gasteiger partial charge in [0.05, 0.1) is 49.8 Å². The topological polar surface area (TPSA) is 290 Å². The van der Waals surface area contributed by atoms with Crippen LogP contribution in [0.1, 0.15) is 139 Å². The molecule has 1 aliphatic rings. The summed E-state index contributed by atoms with van der Waals surface area (Å²) in [5.41, 5.74) is 6.80. The van der Waals surface area contributed by atoms with Crippen LogP contribution in [0.5, 0.6) is 0 Å². The van der Waals surface area contributed by atoms with Crippen LogP contribution in [-0.2, 0) is 65.4 Å². The van der Waals surface area contributed by atoms with Crippen molar-refractivity contribution in [1.29, 1.82) is 0 Å². The zero-order valence-electron chi connectivity index (χ0n) is 56.4. The molecule has 500 valence electrons. The van der Waals surface area contributed by atoms with E-state index in [-0.39, 0.29) is 67.2 Å². The molecule has 11 atom stereocenters. The summed E-state index contributed by atoms with van der Waals surface area (Å²) in [6.07, 6.45) is 1.24. The minimum Gasteiger partial charge on any atom is -0.467 e. The van der Waals surface area contributed by atoms with Crippen LogP contribution in [-0.4, -0.2) is 190 Å². The van der Waals surface area contributed by atoms with Gasteiger partial charge in [0.25, 0.3) is 0 Å². The van der Waals surface area contributed by atoms with Crippen molar-refractivity contribution in [2.75, 3.05) is 67.0 Å². The first kappa shape index (κ1) is 76.4. The van der Waals surface area contributed by atoms with Crippen LogP contribution in [0.15, 0.2) is 54.6 Å². The van der Waals surface area contributed by atoms with Crippen LogP contribution >= 0.6 is 0 Å². The van der Waals surface area contributed by atoms with Crippen molar-refractivity contribution in [2.45, 2.75) is 201 Å². The minimum absolute atomic E-state index is 0.0214. The average Bonchev–Trinajstić information content (AvgIpc) is 2.47. The molecule has 23 nitrogen and oxygen atoms in total. The molecule has 0 aromatic heterocycles. The van der Waals surface area contributed by atoms with E-state index in [0.29, 0.717) is 57.3 Å². The Morgan fingerprint density at radius 1 is 0.730 bits per heavy atom. The number of ether oxygens (including phenoxy) is 4. The van der Waals surface area contributed by atoms with E-state index in [2.05, 4.69) is 26.6 Å². The van der Waals surface area contributed by atoms with E-state index in [1.165, 1.54) is 26.2 Å². The molecule has 0 radical (unpaired) electrons. The fraction of sp³-hybridized carbons (Fsp3) is 0.682. The second-order valence-corrected chi connectivity index (χ2v) is 25.9. The second kappa shape index (κ2) is 36.7. The van der Waals surface area contributed by atoms with Gasteiger partial charge in [-0.1, -0.05) is 111 Å². The van der Waals surface area contributed by atoms with Crippen LogP contribution < -0.4 is 37.2 Å². The van der Waals surface area contributed by atoms with Gasteiger partial charge in [0.2, 0.25) is 35.4 Å². The number of anilines is 1. The Morgan fingerprint density at radius 2 is 1.35 bits per heavy atom. The van der Waals surface area contributed by atoms with E-state index in [4.69, 9.17) is 24.7 Å². The number of nitrogens with one attached hydrogen (secondary N) is 5. The maximum absolute atomic E-state index is 15.0. The third kappa shape index (κ3) is 23.8. The molecule has 9 amide bonds. The van der Waals surface area contributed by atoms with E-state index in [9.17, 15) is 43.2 Å². The van der Waals surface area contributed by atoms with Crippen molar-refractivity contribution in [2.24, 2.45) is 35.3 Å². The predicted octanol–water partition coefficient (Wildman–Crippen LogP) is 5.98. The lowest BCUT2D eigenvalue weighted by atomic mass is 9.89. The highest BCUT2D eigenvalue weighted by Gasteiger charge is 2.44. The highest BCUT2D eigenvalue weighted by atomic mass is 16.6. The quantitative estimate of drug-likeness (QED) is 0.0342. The Hall–Kier alpha value is -6.85. The number of carbonyl (C=O) groups excluding carboxylic acids is 9.